The predicted octanol–water partition coefficient (Wildman–Crippen LogP) is 2.40. The Hall–Kier alpha value is -0.550. The van der Waals surface area contributed by atoms with E-state index in [0.717, 1.165) is 26.3 Å². The zero-order valence-corrected chi connectivity index (χ0v) is 13.9. The number of rotatable bonds is 5. The molecule has 0 spiro atoms. The Morgan fingerprint density at radius 3 is 3.05 bits per heavy atom. The second kappa shape index (κ2) is 7.14. The molecule has 116 valence electrons. The molecule has 1 N–H and O–H groups in total. The first kappa shape index (κ1) is 15.3. The average molecular weight is 306 g/mol. The molecule has 0 aromatic heterocycles. The Kier molecular flexibility index (Phi) is 5.22. The molecule has 2 unspecified atom stereocenters. The molecule has 21 heavy (non-hydrogen) atoms. The van der Waals surface area contributed by atoms with Crippen LogP contribution in [0.4, 0.5) is 0 Å². The molecule has 0 amide bonds. The van der Waals surface area contributed by atoms with Crippen LogP contribution in [0, 0.1) is 0 Å². The van der Waals surface area contributed by atoms with Crippen molar-refractivity contribution in [1.82, 2.24) is 10.2 Å². The van der Waals surface area contributed by atoms with Gasteiger partial charge < -0.3 is 10.1 Å². The maximum Gasteiger partial charge on any atom is 0.0634 e. The van der Waals surface area contributed by atoms with Gasteiger partial charge in [0.25, 0.3) is 0 Å². The van der Waals surface area contributed by atoms with E-state index in [2.05, 4.69) is 60.1 Å². The molecular weight excluding hydrogens is 280 g/mol. The van der Waals surface area contributed by atoms with Gasteiger partial charge in [0, 0.05) is 41.9 Å². The van der Waals surface area contributed by atoms with Gasteiger partial charge in [-0.05, 0) is 18.1 Å². The van der Waals surface area contributed by atoms with Crippen molar-refractivity contribution in [2.75, 3.05) is 32.8 Å². The predicted molar refractivity (Wildman–Crippen MR) is 89.1 cm³/mol. The lowest BCUT2D eigenvalue weighted by atomic mass is 10.1. The van der Waals surface area contributed by atoms with Gasteiger partial charge in [0.05, 0.1) is 13.2 Å². The first-order valence-electron chi connectivity index (χ1n) is 8.02. The molecule has 1 saturated heterocycles. The van der Waals surface area contributed by atoms with Gasteiger partial charge in [-0.25, -0.2) is 0 Å². The highest BCUT2D eigenvalue weighted by Crippen LogP contribution is 2.37. The number of ether oxygens (including phenoxy) is 1. The summed E-state index contributed by atoms with van der Waals surface area (Å²) in [7, 11) is 0. The van der Waals surface area contributed by atoms with Crippen molar-refractivity contribution in [1.29, 1.82) is 0 Å². The first-order chi connectivity index (χ1) is 10.2. The highest BCUT2D eigenvalue weighted by Gasteiger charge is 2.29. The Labute approximate surface area is 132 Å². The SMILES string of the molecule is CC(C)NCC1COCCN1CC1Cc2ccccc2S1. The average Bonchev–Trinajstić information content (AvgIpc) is 2.88. The van der Waals surface area contributed by atoms with Crippen LogP contribution in [0.5, 0.6) is 0 Å². The number of thioether (sulfide) groups is 1. The van der Waals surface area contributed by atoms with Crippen LogP contribution in [0.25, 0.3) is 0 Å². The van der Waals surface area contributed by atoms with Crippen LogP contribution in [0.3, 0.4) is 0 Å². The van der Waals surface area contributed by atoms with Gasteiger partial charge in [-0.15, -0.1) is 11.8 Å². The summed E-state index contributed by atoms with van der Waals surface area (Å²) in [4.78, 5) is 4.11. The monoisotopic (exact) mass is 306 g/mol. The van der Waals surface area contributed by atoms with E-state index in [4.69, 9.17) is 4.74 Å². The van der Waals surface area contributed by atoms with Crippen LogP contribution < -0.4 is 5.32 Å². The molecule has 1 aromatic carbocycles. The molecule has 0 bridgehead atoms. The number of hydrogen-bond donors (Lipinski definition) is 1. The maximum absolute atomic E-state index is 5.68. The van der Waals surface area contributed by atoms with Gasteiger partial charge >= 0.3 is 0 Å². The van der Waals surface area contributed by atoms with E-state index in [1.54, 1.807) is 0 Å². The van der Waals surface area contributed by atoms with E-state index in [0.29, 0.717) is 17.3 Å². The second-order valence-electron chi connectivity index (χ2n) is 6.34. The molecule has 2 heterocycles. The van der Waals surface area contributed by atoms with Gasteiger partial charge in [0.15, 0.2) is 0 Å². The number of benzene rings is 1. The van der Waals surface area contributed by atoms with Gasteiger partial charge in [0.1, 0.15) is 0 Å². The summed E-state index contributed by atoms with van der Waals surface area (Å²) in [6.07, 6.45) is 1.21. The van der Waals surface area contributed by atoms with Crippen molar-refractivity contribution in [3.05, 3.63) is 29.8 Å². The van der Waals surface area contributed by atoms with Crippen molar-refractivity contribution >= 4 is 11.8 Å². The molecule has 4 heteroatoms. The lowest BCUT2D eigenvalue weighted by molar-refractivity contribution is -0.00687. The van der Waals surface area contributed by atoms with E-state index < -0.39 is 0 Å². The van der Waals surface area contributed by atoms with Crippen LogP contribution in [0.15, 0.2) is 29.2 Å². The molecule has 0 radical (unpaired) electrons. The minimum atomic E-state index is 0.519. The maximum atomic E-state index is 5.68. The summed E-state index contributed by atoms with van der Waals surface area (Å²) in [6.45, 7) is 9.43. The van der Waals surface area contributed by atoms with Crippen molar-refractivity contribution in [2.24, 2.45) is 0 Å². The van der Waals surface area contributed by atoms with Crippen LogP contribution >= 0.6 is 11.8 Å². The minimum Gasteiger partial charge on any atom is -0.378 e. The molecule has 0 aliphatic carbocycles. The van der Waals surface area contributed by atoms with E-state index >= 15 is 0 Å². The van der Waals surface area contributed by atoms with Crippen molar-refractivity contribution in [2.45, 2.75) is 42.5 Å². The third-order valence-electron chi connectivity index (χ3n) is 4.26. The lowest BCUT2D eigenvalue weighted by Gasteiger charge is -2.37. The van der Waals surface area contributed by atoms with Crippen molar-refractivity contribution < 1.29 is 4.74 Å². The summed E-state index contributed by atoms with van der Waals surface area (Å²) in [5.41, 5.74) is 1.53. The number of hydrogen-bond acceptors (Lipinski definition) is 4. The van der Waals surface area contributed by atoms with E-state index in [1.807, 2.05) is 0 Å². The van der Waals surface area contributed by atoms with Crippen LogP contribution in [0.1, 0.15) is 19.4 Å². The number of nitrogens with zero attached hydrogens (tertiary/aromatic N) is 1. The smallest absolute Gasteiger partial charge is 0.0634 e. The quantitative estimate of drug-likeness (QED) is 0.903. The fraction of sp³-hybridized carbons (Fsp3) is 0.647. The van der Waals surface area contributed by atoms with E-state index in [9.17, 15) is 0 Å². The standard InChI is InChI=1S/C17H26N2OS/c1-13(2)18-10-15-12-20-8-7-19(15)11-16-9-14-5-3-4-6-17(14)21-16/h3-6,13,15-16,18H,7-12H2,1-2H3. The summed E-state index contributed by atoms with van der Waals surface area (Å²) in [6, 6.07) is 9.91. The molecule has 1 aromatic rings. The Morgan fingerprint density at radius 2 is 2.24 bits per heavy atom. The Balaban J connectivity index is 1.56. The van der Waals surface area contributed by atoms with Crippen molar-refractivity contribution in [3.63, 3.8) is 0 Å². The first-order valence-corrected chi connectivity index (χ1v) is 8.90. The highest BCUT2D eigenvalue weighted by atomic mass is 32.2. The van der Waals surface area contributed by atoms with Crippen LogP contribution in [-0.4, -0.2) is 55.1 Å². The molecule has 2 aliphatic rings. The molecule has 1 fully saturated rings. The summed E-state index contributed by atoms with van der Waals surface area (Å²) in [5, 5.41) is 4.26. The Bertz CT molecular complexity index is 441. The molecule has 2 aliphatic heterocycles. The highest BCUT2D eigenvalue weighted by molar-refractivity contribution is 8.00. The van der Waals surface area contributed by atoms with Gasteiger partial charge in [-0.2, -0.15) is 0 Å². The lowest BCUT2D eigenvalue weighted by Crippen LogP contribution is -2.52. The molecule has 0 saturated carbocycles. The zero-order valence-electron chi connectivity index (χ0n) is 13.0. The van der Waals surface area contributed by atoms with Gasteiger partial charge in [0.2, 0.25) is 0 Å². The fourth-order valence-corrected chi connectivity index (χ4v) is 4.45. The normalized spacial score (nSPS) is 26.2. The molecular formula is C17H26N2OS. The third kappa shape index (κ3) is 4.01. The molecule has 3 nitrogen and oxygen atoms in total. The number of fused-ring (bicyclic) bond motifs is 1. The van der Waals surface area contributed by atoms with E-state index in [-0.39, 0.29) is 0 Å². The van der Waals surface area contributed by atoms with Crippen LogP contribution in [0.2, 0.25) is 0 Å². The van der Waals surface area contributed by atoms with Crippen LogP contribution in [-0.2, 0) is 11.2 Å². The Morgan fingerprint density at radius 1 is 1.38 bits per heavy atom. The topological polar surface area (TPSA) is 24.5 Å². The number of nitrogens with one attached hydrogen (secondary N) is 1. The number of morpholine rings is 1. The zero-order chi connectivity index (χ0) is 14.7. The van der Waals surface area contributed by atoms with E-state index in [1.165, 1.54) is 23.4 Å². The second-order valence-corrected chi connectivity index (χ2v) is 7.68. The molecule has 2 atom stereocenters. The van der Waals surface area contributed by atoms with Gasteiger partial charge in [-0.3, -0.25) is 4.90 Å². The molecule has 3 rings (SSSR count). The van der Waals surface area contributed by atoms with Crippen molar-refractivity contribution in [3.8, 4) is 0 Å². The third-order valence-corrected chi connectivity index (χ3v) is 5.56. The summed E-state index contributed by atoms with van der Waals surface area (Å²) in [5.74, 6) is 0. The summed E-state index contributed by atoms with van der Waals surface area (Å²) < 4.78 is 5.68. The summed E-state index contributed by atoms with van der Waals surface area (Å²) >= 11 is 2.05. The minimum absolute atomic E-state index is 0.519. The largest absolute Gasteiger partial charge is 0.378 e. The fourth-order valence-electron chi connectivity index (χ4n) is 3.11. The van der Waals surface area contributed by atoms with Gasteiger partial charge in [-0.1, -0.05) is 32.0 Å².